The maximum absolute atomic E-state index is 12.6. The van der Waals surface area contributed by atoms with Crippen LogP contribution in [0.1, 0.15) is 5.69 Å². The number of fused-ring (bicyclic) bond motifs is 1. The molecule has 0 amide bonds. The molecule has 3 heterocycles. The molecule has 28 heavy (non-hydrogen) atoms. The number of rotatable bonds is 5. The molecule has 1 saturated heterocycles. The van der Waals surface area contributed by atoms with Crippen molar-refractivity contribution in [3.05, 3.63) is 46.8 Å². The van der Waals surface area contributed by atoms with E-state index in [0.717, 1.165) is 48.7 Å². The summed E-state index contributed by atoms with van der Waals surface area (Å²) in [6.07, 6.45) is 0.385. The third kappa shape index (κ3) is 3.86. The van der Waals surface area contributed by atoms with E-state index in [0.29, 0.717) is 10.9 Å². The van der Waals surface area contributed by atoms with E-state index in [1.165, 1.54) is 6.33 Å². The molecule has 0 spiro atoms. The van der Waals surface area contributed by atoms with Crippen molar-refractivity contribution in [3.63, 3.8) is 0 Å². The molecule has 1 aromatic carbocycles. The molecule has 4 rings (SSSR count). The predicted octanol–water partition coefficient (Wildman–Crippen LogP) is 1.11. The van der Waals surface area contributed by atoms with Crippen molar-refractivity contribution >= 4 is 16.6 Å². The Morgan fingerprint density at radius 1 is 1.18 bits per heavy atom. The fraction of sp³-hybridized carbons (Fsp3) is 0.444. The monoisotopic (exact) mass is 389 g/mol. The molecular weight excluding hydrogens is 368 g/mol. The second-order valence-electron chi connectivity index (χ2n) is 6.88. The number of piperazine rings is 1. The van der Waals surface area contributed by atoms with Gasteiger partial charge in [0.25, 0.3) is 12.0 Å². The van der Waals surface area contributed by atoms with E-state index in [1.807, 2.05) is 12.1 Å². The average molecular weight is 389 g/mol. The number of alkyl halides is 2. The Balaban J connectivity index is 1.45. The molecule has 0 unspecified atom stereocenters. The van der Waals surface area contributed by atoms with Crippen LogP contribution >= 0.6 is 0 Å². The van der Waals surface area contributed by atoms with Gasteiger partial charge < -0.3 is 4.90 Å². The van der Waals surface area contributed by atoms with Crippen LogP contribution in [0.3, 0.4) is 0 Å². The molecule has 0 bridgehead atoms. The van der Waals surface area contributed by atoms with Crippen molar-refractivity contribution in [2.24, 2.45) is 7.05 Å². The third-order valence-electron chi connectivity index (χ3n) is 4.91. The van der Waals surface area contributed by atoms with Crippen LogP contribution in [0.2, 0.25) is 0 Å². The summed E-state index contributed by atoms with van der Waals surface area (Å²) in [6.45, 7) is 3.58. The first-order chi connectivity index (χ1) is 13.5. The Morgan fingerprint density at radius 2 is 1.96 bits per heavy atom. The lowest BCUT2D eigenvalue weighted by atomic mass is 10.2. The van der Waals surface area contributed by atoms with Gasteiger partial charge in [-0.1, -0.05) is 0 Å². The van der Waals surface area contributed by atoms with Gasteiger partial charge in [0.05, 0.1) is 35.7 Å². The molecule has 0 aliphatic carbocycles. The molecule has 2 aromatic heterocycles. The highest BCUT2D eigenvalue weighted by molar-refractivity contribution is 5.81. The molecule has 1 aliphatic rings. The van der Waals surface area contributed by atoms with Crippen molar-refractivity contribution in [1.29, 1.82) is 0 Å². The van der Waals surface area contributed by atoms with Gasteiger partial charge in [-0.05, 0) is 18.2 Å². The summed E-state index contributed by atoms with van der Waals surface area (Å²) in [7, 11) is 1.80. The van der Waals surface area contributed by atoms with Crippen LogP contribution in [0.4, 0.5) is 14.5 Å². The van der Waals surface area contributed by atoms with Crippen LogP contribution in [0.5, 0.6) is 0 Å². The Morgan fingerprint density at radius 3 is 2.64 bits per heavy atom. The predicted molar refractivity (Wildman–Crippen MR) is 101 cm³/mol. The van der Waals surface area contributed by atoms with Crippen LogP contribution in [-0.2, 0) is 20.1 Å². The van der Waals surface area contributed by atoms with Crippen LogP contribution in [0, 0.1) is 0 Å². The Kier molecular flexibility index (Phi) is 5.03. The van der Waals surface area contributed by atoms with Crippen LogP contribution < -0.4 is 10.5 Å². The van der Waals surface area contributed by atoms with Gasteiger partial charge in [0.2, 0.25) is 0 Å². The molecule has 148 valence electrons. The lowest BCUT2D eigenvalue weighted by Gasteiger charge is -2.35. The summed E-state index contributed by atoms with van der Waals surface area (Å²) < 4.78 is 26.1. The van der Waals surface area contributed by atoms with Crippen LogP contribution in [0.25, 0.3) is 10.9 Å². The van der Waals surface area contributed by atoms with E-state index in [2.05, 4.69) is 25.0 Å². The third-order valence-corrected chi connectivity index (χ3v) is 4.91. The summed E-state index contributed by atoms with van der Waals surface area (Å²) in [5.74, 6) is 0. The Labute approximate surface area is 160 Å². The van der Waals surface area contributed by atoms with E-state index < -0.39 is 18.5 Å². The van der Waals surface area contributed by atoms with Gasteiger partial charge >= 0.3 is 0 Å². The van der Waals surface area contributed by atoms with Gasteiger partial charge in [-0.2, -0.15) is 15.0 Å². The number of hydrogen-bond donors (Lipinski definition) is 0. The van der Waals surface area contributed by atoms with E-state index in [-0.39, 0.29) is 0 Å². The number of benzene rings is 1. The standard InChI is InChI=1S/C18H21F2N7O/c1-24-22-9-13(23-24)10-25-4-6-26(7-5-25)14-2-3-15-16(8-14)21-12-27(18(15)28)11-17(19)20/h2-3,8-9,12,17H,4-7,10-11H2,1H3. The van der Waals surface area contributed by atoms with Crippen LogP contribution in [0.15, 0.2) is 35.5 Å². The van der Waals surface area contributed by atoms with Crippen molar-refractivity contribution in [3.8, 4) is 0 Å². The van der Waals surface area contributed by atoms with E-state index in [1.54, 1.807) is 24.1 Å². The normalized spacial score (nSPS) is 15.6. The van der Waals surface area contributed by atoms with Gasteiger partial charge in [0, 0.05) is 45.5 Å². The van der Waals surface area contributed by atoms with Crippen LogP contribution in [-0.4, -0.2) is 62.0 Å². The zero-order valence-corrected chi connectivity index (χ0v) is 15.5. The van der Waals surface area contributed by atoms with Gasteiger partial charge in [0.15, 0.2) is 0 Å². The first kappa shape index (κ1) is 18.5. The Bertz CT molecular complexity index is 1020. The Hall–Kier alpha value is -2.88. The topological polar surface area (TPSA) is 72.1 Å². The second-order valence-corrected chi connectivity index (χ2v) is 6.88. The molecule has 3 aromatic rings. The highest BCUT2D eigenvalue weighted by atomic mass is 19.3. The molecule has 10 heteroatoms. The number of hydrogen-bond acceptors (Lipinski definition) is 6. The summed E-state index contributed by atoms with van der Waals surface area (Å²) in [6, 6.07) is 5.38. The fourth-order valence-electron chi connectivity index (χ4n) is 3.48. The molecule has 0 N–H and O–H groups in total. The lowest BCUT2D eigenvalue weighted by Crippen LogP contribution is -2.46. The van der Waals surface area contributed by atoms with Crippen molar-refractivity contribution < 1.29 is 8.78 Å². The quantitative estimate of drug-likeness (QED) is 0.651. The number of anilines is 1. The average Bonchev–Trinajstić information content (AvgIpc) is 3.09. The van der Waals surface area contributed by atoms with Crippen molar-refractivity contribution in [1.82, 2.24) is 29.4 Å². The van der Waals surface area contributed by atoms with Gasteiger partial charge in [-0.25, -0.2) is 13.8 Å². The molecule has 0 saturated carbocycles. The van der Waals surface area contributed by atoms with E-state index >= 15 is 0 Å². The number of aromatic nitrogens is 5. The SMILES string of the molecule is Cn1ncc(CN2CCN(c3ccc4c(=O)n(CC(F)F)cnc4c3)CC2)n1. The zero-order valence-electron chi connectivity index (χ0n) is 15.5. The first-order valence-electron chi connectivity index (χ1n) is 9.09. The summed E-state index contributed by atoms with van der Waals surface area (Å²) in [5, 5.41) is 8.76. The smallest absolute Gasteiger partial charge is 0.261 e. The van der Waals surface area contributed by atoms with Gasteiger partial charge in [-0.15, -0.1) is 0 Å². The maximum Gasteiger partial charge on any atom is 0.261 e. The lowest BCUT2D eigenvalue weighted by molar-refractivity contribution is 0.125. The van der Waals surface area contributed by atoms with E-state index in [4.69, 9.17) is 0 Å². The number of nitrogens with zero attached hydrogens (tertiary/aromatic N) is 7. The minimum atomic E-state index is -2.59. The molecule has 1 aliphatic heterocycles. The van der Waals surface area contributed by atoms with E-state index in [9.17, 15) is 13.6 Å². The molecule has 0 radical (unpaired) electrons. The van der Waals surface area contributed by atoms with Crippen molar-refractivity contribution in [2.75, 3.05) is 31.1 Å². The molecular formula is C18H21F2N7O. The second kappa shape index (κ2) is 7.63. The van der Waals surface area contributed by atoms with Gasteiger partial charge in [0.1, 0.15) is 0 Å². The minimum absolute atomic E-state index is 0.355. The summed E-state index contributed by atoms with van der Waals surface area (Å²) >= 11 is 0. The number of aryl methyl sites for hydroxylation is 1. The summed E-state index contributed by atoms with van der Waals surface area (Å²) in [4.78, 5) is 22.6. The molecule has 0 atom stereocenters. The maximum atomic E-state index is 12.6. The highest BCUT2D eigenvalue weighted by Gasteiger charge is 2.19. The molecule has 8 nitrogen and oxygen atoms in total. The zero-order chi connectivity index (χ0) is 19.7. The fourth-order valence-corrected chi connectivity index (χ4v) is 3.48. The largest absolute Gasteiger partial charge is 0.369 e. The summed E-state index contributed by atoms with van der Waals surface area (Å²) in [5.41, 5.74) is 2.01. The molecule has 1 fully saturated rings. The minimum Gasteiger partial charge on any atom is -0.369 e. The van der Waals surface area contributed by atoms with Crippen molar-refractivity contribution in [2.45, 2.75) is 19.5 Å². The first-order valence-corrected chi connectivity index (χ1v) is 9.09. The van der Waals surface area contributed by atoms with Gasteiger partial charge in [-0.3, -0.25) is 14.3 Å². The highest BCUT2D eigenvalue weighted by Crippen LogP contribution is 2.21. The number of halogens is 2.